The average molecular weight is 232 g/mol. The van der Waals surface area contributed by atoms with Gasteiger partial charge in [0.25, 0.3) is 0 Å². The number of aromatic amines is 1. The SMILES string of the molecule is COC(=O)Cc1n[nH]c2cccc(C)c2c1=O. The molecular weight excluding hydrogens is 220 g/mol. The molecule has 0 aliphatic heterocycles. The van der Waals surface area contributed by atoms with Gasteiger partial charge in [-0.05, 0) is 18.6 Å². The first-order chi connectivity index (χ1) is 8.13. The molecule has 1 N–H and O–H groups in total. The zero-order chi connectivity index (χ0) is 12.4. The van der Waals surface area contributed by atoms with Crippen LogP contribution in [0.3, 0.4) is 0 Å². The number of aryl methyl sites for hydroxylation is 1. The second-order valence-electron chi connectivity index (χ2n) is 3.75. The highest BCUT2D eigenvalue weighted by Gasteiger charge is 2.12. The number of rotatable bonds is 2. The van der Waals surface area contributed by atoms with E-state index in [1.165, 1.54) is 7.11 Å². The highest BCUT2D eigenvalue weighted by Crippen LogP contribution is 2.11. The van der Waals surface area contributed by atoms with E-state index in [9.17, 15) is 9.59 Å². The van der Waals surface area contributed by atoms with Crippen molar-refractivity contribution in [1.82, 2.24) is 10.2 Å². The van der Waals surface area contributed by atoms with Crippen molar-refractivity contribution in [1.29, 1.82) is 0 Å². The van der Waals surface area contributed by atoms with Crippen molar-refractivity contribution in [3.63, 3.8) is 0 Å². The Balaban J connectivity index is 2.61. The number of fused-ring (bicyclic) bond motifs is 1. The van der Waals surface area contributed by atoms with Gasteiger partial charge in [0.15, 0.2) is 0 Å². The van der Waals surface area contributed by atoms with Gasteiger partial charge < -0.3 is 4.74 Å². The maximum Gasteiger partial charge on any atom is 0.311 e. The normalized spacial score (nSPS) is 10.5. The molecule has 0 atom stereocenters. The molecule has 1 heterocycles. The Morgan fingerprint density at radius 2 is 2.24 bits per heavy atom. The minimum absolute atomic E-state index is 0.115. The Hall–Kier alpha value is -2.17. The predicted molar refractivity (Wildman–Crippen MR) is 62.8 cm³/mol. The number of aromatic nitrogens is 2. The third-order valence-electron chi connectivity index (χ3n) is 2.61. The number of H-pyrrole nitrogens is 1. The lowest BCUT2D eigenvalue weighted by molar-refractivity contribution is -0.139. The number of ether oxygens (including phenoxy) is 1. The van der Waals surface area contributed by atoms with Crippen LogP contribution in [0.15, 0.2) is 23.0 Å². The van der Waals surface area contributed by atoms with Gasteiger partial charge in [0.05, 0.1) is 24.4 Å². The largest absolute Gasteiger partial charge is 0.469 e. The van der Waals surface area contributed by atoms with Crippen LogP contribution in [0.1, 0.15) is 11.3 Å². The number of carbonyl (C=O) groups is 1. The molecule has 2 rings (SSSR count). The summed E-state index contributed by atoms with van der Waals surface area (Å²) in [5.74, 6) is -0.476. The van der Waals surface area contributed by atoms with Crippen LogP contribution in [-0.4, -0.2) is 23.3 Å². The Bertz CT molecular complexity index is 631. The molecule has 1 aromatic carbocycles. The second kappa shape index (κ2) is 4.37. The van der Waals surface area contributed by atoms with Crippen molar-refractivity contribution in [3.8, 4) is 0 Å². The molecule has 0 radical (unpaired) electrons. The molecule has 0 amide bonds. The number of hydrogen-bond acceptors (Lipinski definition) is 4. The predicted octanol–water partition coefficient (Wildman–Crippen LogP) is 0.947. The summed E-state index contributed by atoms with van der Waals surface area (Å²) in [7, 11) is 1.28. The summed E-state index contributed by atoms with van der Waals surface area (Å²) in [6.07, 6.45) is -0.115. The lowest BCUT2D eigenvalue weighted by atomic mass is 10.1. The van der Waals surface area contributed by atoms with E-state index in [-0.39, 0.29) is 17.5 Å². The average Bonchev–Trinajstić information content (AvgIpc) is 2.32. The molecule has 5 heteroatoms. The van der Waals surface area contributed by atoms with Gasteiger partial charge >= 0.3 is 5.97 Å². The summed E-state index contributed by atoms with van der Waals surface area (Å²) < 4.78 is 4.52. The zero-order valence-electron chi connectivity index (χ0n) is 9.61. The highest BCUT2D eigenvalue weighted by molar-refractivity contribution is 5.82. The molecule has 0 spiro atoms. The number of benzene rings is 1. The fraction of sp³-hybridized carbons (Fsp3) is 0.250. The van der Waals surface area contributed by atoms with E-state index < -0.39 is 5.97 Å². The number of methoxy groups -OCH3 is 1. The Kier molecular flexibility index (Phi) is 2.91. The number of hydrogen-bond donors (Lipinski definition) is 1. The fourth-order valence-electron chi connectivity index (χ4n) is 1.71. The summed E-state index contributed by atoms with van der Waals surface area (Å²) in [5.41, 5.74) is 1.49. The minimum atomic E-state index is -0.476. The summed E-state index contributed by atoms with van der Waals surface area (Å²) in [6.45, 7) is 1.85. The van der Waals surface area contributed by atoms with E-state index >= 15 is 0 Å². The number of esters is 1. The van der Waals surface area contributed by atoms with Gasteiger partial charge in [-0.1, -0.05) is 12.1 Å². The third-order valence-corrected chi connectivity index (χ3v) is 2.61. The number of nitrogens with one attached hydrogen (secondary N) is 1. The fourth-order valence-corrected chi connectivity index (χ4v) is 1.71. The molecule has 0 unspecified atom stereocenters. The van der Waals surface area contributed by atoms with Crippen LogP contribution < -0.4 is 5.43 Å². The summed E-state index contributed by atoms with van der Waals surface area (Å²) in [5, 5.41) is 7.24. The Labute approximate surface area is 97.4 Å². The zero-order valence-corrected chi connectivity index (χ0v) is 9.61. The summed E-state index contributed by atoms with van der Waals surface area (Å²) >= 11 is 0. The van der Waals surface area contributed by atoms with Crippen LogP contribution in [-0.2, 0) is 16.0 Å². The molecule has 0 bridgehead atoms. The van der Waals surface area contributed by atoms with Crippen molar-refractivity contribution in [3.05, 3.63) is 39.7 Å². The first kappa shape index (κ1) is 11.3. The summed E-state index contributed by atoms with van der Waals surface area (Å²) in [4.78, 5) is 23.2. The summed E-state index contributed by atoms with van der Waals surface area (Å²) in [6, 6.07) is 5.47. The maximum atomic E-state index is 12.1. The van der Waals surface area contributed by atoms with E-state index in [1.807, 2.05) is 19.1 Å². The van der Waals surface area contributed by atoms with Crippen LogP contribution >= 0.6 is 0 Å². The standard InChI is InChI=1S/C12H12N2O3/c1-7-4-3-5-8-11(7)12(16)9(14-13-8)6-10(15)17-2/h3-5H,6H2,1-2H3,(H,13,16). The van der Waals surface area contributed by atoms with E-state index in [1.54, 1.807) is 6.07 Å². The van der Waals surface area contributed by atoms with Gasteiger partial charge in [-0.3, -0.25) is 14.7 Å². The molecule has 17 heavy (non-hydrogen) atoms. The highest BCUT2D eigenvalue weighted by atomic mass is 16.5. The van der Waals surface area contributed by atoms with E-state index in [4.69, 9.17) is 0 Å². The molecule has 0 saturated heterocycles. The van der Waals surface area contributed by atoms with Crippen LogP contribution in [0.5, 0.6) is 0 Å². The molecule has 0 saturated carbocycles. The molecule has 0 aliphatic carbocycles. The molecule has 5 nitrogen and oxygen atoms in total. The van der Waals surface area contributed by atoms with Gasteiger partial charge in [0, 0.05) is 0 Å². The van der Waals surface area contributed by atoms with E-state index in [2.05, 4.69) is 14.9 Å². The first-order valence-electron chi connectivity index (χ1n) is 5.17. The van der Waals surface area contributed by atoms with Crippen LogP contribution in [0.2, 0.25) is 0 Å². The lowest BCUT2D eigenvalue weighted by Crippen LogP contribution is -2.18. The third kappa shape index (κ3) is 2.04. The lowest BCUT2D eigenvalue weighted by Gasteiger charge is -2.03. The molecule has 1 aromatic heterocycles. The van der Waals surface area contributed by atoms with Crippen LogP contribution in [0, 0.1) is 6.92 Å². The van der Waals surface area contributed by atoms with Crippen LogP contribution in [0.25, 0.3) is 10.9 Å². The van der Waals surface area contributed by atoms with Gasteiger partial charge in [0.1, 0.15) is 5.69 Å². The molecule has 88 valence electrons. The quantitative estimate of drug-likeness (QED) is 0.782. The van der Waals surface area contributed by atoms with Crippen LogP contribution in [0.4, 0.5) is 0 Å². The van der Waals surface area contributed by atoms with Gasteiger partial charge in [-0.2, -0.15) is 5.10 Å². The maximum absolute atomic E-state index is 12.1. The monoisotopic (exact) mass is 232 g/mol. The molecule has 0 fully saturated rings. The number of nitrogens with zero attached hydrogens (tertiary/aromatic N) is 1. The molecule has 2 aromatic rings. The van der Waals surface area contributed by atoms with E-state index in [0.717, 1.165) is 5.56 Å². The topological polar surface area (TPSA) is 72.0 Å². The molecule has 0 aliphatic rings. The van der Waals surface area contributed by atoms with Gasteiger partial charge in [0.2, 0.25) is 5.43 Å². The Morgan fingerprint density at radius 1 is 1.47 bits per heavy atom. The van der Waals surface area contributed by atoms with Crippen molar-refractivity contribution in [2.45, 2.75) is 13.3 Å². The second-order valence-corrected chi connectivity index (χ2v) is 3.75. The van der Waals surface area contributed by atoms with Crippen molar-refractivity contribution < 1.29 is 9.53 Å². The van der Waals surface area contributed by atoms with Crippen molar-refractivity contribution in [2.24, 2.45) is 0 Å². The smallest absolute Gasteiger partial charge is 0.311 e. The van der Waals surface area contributed by atoms with Crippen molar-refractivity contribution >= 4 is 16.9 Å². The van der Waals surface area contributed by atoms with Crippen molar-refractivity contribution in [2.75, 3.05) is 7.11 Å². The minimum Gasteiger partial charge on any atom is -0.469 e. The van der Waals surface area contributed by atoms with Gasteiger partial charge in [-0.15, -0.1) is 0 Å². The first-order valence-corrected chi connectivity index (χ1v) is 5.17. The van der Waals surface area contributed by atoms with E-state index in [0.29, 0.717) is 10.9 Å². The Morgan fingerprint density at radius 3 is 2.94 bits per heavy atom. The van der Waals surface area contributed by atoms with Gasteiger partial charge in [-0.25, -0.2) is 0 Å². The molecular formula is C12H12N2O3. The number of carbonyl (C=O) groups excluding carboxylic acids is 1.